The van der Waals surface area contributed by atoms with Gasteiger partial charge in [0.1, 0.15) is 0 Å². The molecule has 0 saturated carbocycles. The summed E-state index contributed by atoms with van der Waals surface area (Å²) in [6, 6.07) is 0. The van der Waals surface area contributed by atoms with Crippen LogP contribution in [0.25, 0.3) is 0 Å². The second-order valence-electron chi connectivity index (χ2n) is 0.164. The third-order valence-corrected chi connectivity index (χ3v) is 0. The average Bonchev–Trinajstić information content (AvgIpc) is 1.39. The molecule has 0 aromatic rings. The van der Waals surface area contributed by atoms with E-state index in [0.717, 1.165) is 0 Å². The Morgan fingerprint density at radius 1 is 1.67 bits per heavy atom. The zero-order valence-electron chi connectivity index (χ0n) is 2.60. The van der Waals surface area contributed by atoms with Crippen LogP contribution in [0.4, 0.5) is 9.05 Å². The van der Waals surface area contributed by atoms with Gasteiger partial charge >= 0.3 is 23.6 Å². The van der Waals surface area contributed by atoms with Crippen molar-refractivity contribution in [3.8, 4) is 0 Å². The van der Waals surface area contributed by atoms with Crippen molar-refractivity contribution in [3.05, 3.63) is 0 Å². The molecule has 0 aliphatic rings. The van der Waals surface area contributed by atoms with E-state index in [-0.39, 0.29) is 0 Å². The number of hydrogen-bond donors (Lipinski definition) is 1. The second kappa shape index (κ2) is 20.2. The van der Waals surface area contributed by atoms with E-state index in [0.29, 0.717) is 0 Å². The Balaban J connectivity index is 0. The molecule has 0 rings (SSSR count). The first-order valence-electron chi connectivity index (χ1n) is 0.803. The van der Waals surface area contributed by atoms with E-state index >= 15 is 0 Å². The maximum atomic E-state index is 9.12. The van der Waals surface area contributed by atoms with Crippen molar-refractivity contribution >= 4 is 15.7 Å². The summed E-state index contributed by atoms with van der Waals surface area (Å²) in [5.74, 6) is 0. The Morgan fingerprint density at radius 2 is 1.67 bits per heavy atom. The van der Waals surface area contributed by atoms with Crippen molar-refractivity contribution < 1.29 is 22.1 Å². The SMILES string of the molecule is FOF.[O]=[GeH][OH]. The van der Waals surface area contributed by atoms with Gasteiger partial charge in [0.25, 0.3) is 0 Å². The van der Waals surface area contributed by atoms with E-state index in [9.17, 15) is 0 Å². The van der Waals surface area contributed by atoms with Crippen LogP contribution in [-0.2, 0) is 8.92 Å². The minimum atomic E-state index is -1.94. The van der Waals surface area contributed by atoms with Gasteiger partial charge in [-0.25, -0.2) is 0 Å². The fraction of sp³-hybridized carbons (Fsp3) is 0. The molecule has 0 saturated heterocycles. The van der Waals surface area contributed by atoms with Crippen LogP contribution in [0.2, 0.25) is 0 Å². The normalized spacial score (nSPS) is 5.00. The van der Waals surface area contributed by atoms with Gasteiger partial charge in [0.15, 0.2) is 0 Å². The molecule has 0 heterocycles. The van der Waals surface area contributed by atoms with Gasteiger partial charge in [-0.1, -0.05) is 0 Å². The first-order chi connectivity index (χ1) is 2.83. The summed E-state index contributed by atoms with van der Waals surface area (Å²) in [6.07, 6.45) is 0. The van der Waals surface area contributed by atoms with E-state index in [4.69, 9.17) is 17.0 Å². The summed E-state index contributed by atoms with van der Waals surface area (Å²) in [6.45, 7) is 0. The van der Waals surface area contributed by atoms with Crippen molar-refractivity contribution in [2.24, 2.45) is 0 Å². The molecule has 0 aromatic heterocycles. The molecule has 0 aromatic carbocycles. The van der Waals surface area contributed by atoms with Crippen molar-refractivity contribution in [3.63, 3.8) is 0 Å². The van der Waals surface area contributed by atoms with Crippen LogP contribution in [-0.4, -0.2) is 19.8 Å². The van der Waals surface area contributed by atoms with Gasteiger partial charge in [-0.15, -0.1) is 0 Å². The standard InChI is InChI=1S/F2O.GeH2O2/c1-3-2;2-1-3/h;1-2H. The summed E-state index contributed by atoms with van der Waals surface area (Å²) in [5, 5.41) is 1.25. The van der Waals surface area contributed by atoms with Gasteiger partial charge in [0, 0.05) is 5.15 Å². The monoisotopic (exact) mass is 162 g/mol. The van der Waals surface area contributed by atoms with Crippen LogP contribution in [0.3, 0.4) is 0 Å². The molecule has 3 nitrogen and oxygen atoms in total. The van der Waals surface area contributed by atoms with Crippen molar-refractivity contribution in [2.75, 3.05) is 0 Å². The predicted octanol–water partition coefficient (Wildman–Crippen LogP) is -0.552. The Kier molecular flexibility index (Phi) is 31.5. The van der Waals surface area contributed by atoms with Gasteiger partial charge in [-0.05, 0) is 9.05 Å². The molecular weight excluding hydrogens is 159 g/mol. The fourth-order valence-electron chi connectivity index (χ4n) is 0. The average molecular weight is 161 g/mol. The van der Waals surface area contributed by atoms with Crippen LogP contribution in [0.15, 0.2) is 0 Å². The fourth-order valence-corrected chi connectivity index (χ4v) is 0. The second-order valence-corrected chi connectivity index (χ2v) is 0.606. The molecule has 0 spiro atoms. The first kappa shape index (κ1) is 9.35. The van der Waals surface area contributed by atoms with Crippen LogP contribution in [0.5, 0.6) is 0 Å². The van der Waals surface area contributed by atoms with Crippen LogP contribution in [0.1, 0.15) is 0 Å². The van der Waals surface area contributed by atoms with Gasteiger partial charge in [-0.3, -0.25) is 0 Å². The molecule has 1 N–H and O–H groups in total. The third kappa shape index (κ3) is 25200. The molecule has 0 atom stereocenters. The minimum absolute atomic E-state index is 1.25. The van der Waals surface area contributed by atoms with Gasteiger partial charge in [-0.2, -0.15) is 0 Å². The molecule has 0 aliphatic heterocycles. The van der Waals surface area contributed by atoms with Gasteiger partial charge in [0.2, 0.25) is 0 Å². The van der Waals surface area contributed by atoms with E-state index in [1.807, 2.05) is 0 Å². The topological polar surface area (TPSA) is 46.5 Å². The van der Waals surface area contributed by atoms with Crippen LogP contribution in [0, 0.1) is 0 Å². The molecule has 6 heavy (non-hydrogen) atoms. The van der Waals surface area contributed by atoms with E-state index in [2.05, 4.69) is 0 Å². The van der Waals surface area contributed by atoms with Crippen LogP contribution >= 0.6 is 0 Å². The summed E-state index contributed by atoms with van der Waals surface area (Å²) < 4.78 is 34.1. The zero-order chi connectivity index (χ0) is 5.41. The molecule has 0 fully saturated rings. The molecule has 38 valence electrons. The number of rotatable bonds is 0. The Bertz CT molecular complexity index is 22.8. The van der Waals surface area contributed by atoms with E-state index in [1.54, 1.807) is 0 Å². The van der Waals surface area contributed by atoms with E-state index in [1.165, 1.54) is 5.15 Å². The molecule has 0 aliphatic carbocycles. The zero-order valence-corrected chi connectivity index (χ0v) is 5.02. The van der Waals surface area contributed by atoms with E-state index < -0.39 is 15.7 Å². The Morgan fingerprint density at radius 3 is 1.67 bits per heavy atom. The first-order valence-corrected chi connectivity index (χ1v) is 2.87. The summed E-state index contributed by atoms with van der Waals surface area (Å²) in [7, 11) is 0. The molecule has 6 heteroatoms. The predicted molar refractivity (Wildman–Crippen MR) is 13.4 cm³/mol. The summed E-state index contributed by atoms with van der Waals surface area (Å²) in [4.78, 5) is 0. The third-order valence-electron chi connectivity index (χ3n) is 0. The maximum absolute atomic E-state index is 9.12. The molecule has 0 radical (unpaired) electrons. The van der Waals surface area contributed by atoms with Crippen molar-refractivity contribution in [2.45, 2.75) is 0 Å². The number of hydrogen-bond acceptors (Lipinski definition) is 2. The van der Waals surface area contributed by atoms with Gasteiger partial charge in [0.05, 0.1) is 0 Å². The van der Waals surface area contributed by atoms with Gasteiger partial charge < -0.3 is 0 Å². The summed E-state index contributed by atoms with van der Waals surface area (Å²) >= 11 is -1.94. The number of halogens is 2. The molecular formula is H2F2GeO3. The Hall–Kier alpha value is -0.0371. The van der Waals surface area contributed by atoms with Crippen LogP contribution < -0.4 is 0 Å². The molecule has 0 amide bonds. The Labute approximate surface area is 38.7 Å². The van der Waals surface area contributed by atoms with Crippen molar-refractivity contribution in [1.29, 1.82) is 0 Å². The summed E-state index contributed by atoms with van der Waals surface area (Å²) in [5.41, 5.74) is 0. The molecule has 0 bridgehead atoms. The molecule has 0 unspecified atom stereocenters. The van der Waals surface area contributed by atoms with Crippen molar-refractivity contribution in [1.82, 2.24) is 0 Å². The quantitative estimate of drug-likeness (QED) is 0.484.